The molecule has 1 heterocycles. The molecular weight excluding hydrogens is 236 g/mol. The Hall–Kier alpha value is -2.76. The van der Waals surface area contributed by atoms with Crippen LogP contribution in [0.15, 0.2) is 42.6 Å². The van der Waals surface area contributed by atoms with Crippen LogP contribution in [0.5, 0.6) is 11.6 Å². The van der Waals surface area contributed by atoms with E-state index in [4.69, 9.17) is 4.74 Å². The summed E-state index contributed by atoms with van der Waals surface area (Å²) in [4.78, 5) is 24.6. The molecular formula is C12H8N2O4. The maximum absolute atomic E-state index is 10.8. The first-order valence-electron chi connectivity index (χ1n) is 5.03. The molecule has 0 amide bonds. The first kappa shape index (κ1) is 11.7. The van der Waals surface area contributed by atoms with E-state index in [1.54, 1.807) is 12.1 Å². The molecule has 0 saturated carbocycles. The number of aromatic nitrogens is 1. The maximum Gasteiger partial charge on any atom is 0.311 e. The molecule has 2 rings (SSSR count). The van der Waals surface area contributed by atoms with E-state index in [9.17, 15) is 14.9 Å². The van der Waals surface area contributed by atoms with Crippen molar-refractivity contribution in [1.82, 2.24) is 4.98 Å². The zero-order valence-corrected chi connectivity index (χ0v) is 9.15. The molecule has 0 saturated heterocycles. The quantitative estimate of drug-likeness (QED) is 0.469. The van der Waals surface area contributed by atoms with E-state index in [-0.39, 0.29) is 17.3 Å². The SMILES string of the molecule is O=Cc1ccc(Oc2ccccc2[N+](=O)[O-])nc1. The summed E-state index contributed by atoms with van der Waals surface area (Å²) >= 11 is 0. The van der Waals surface area contributed by atoms with Crippen LogP contribution in [0.3, 0.4) is 0 Å². The van der Waals surface area contributed by atoms with E-state index >= 15 is 0 Å². The third-order valence-corrected chi connectivity index (χ3v) is 2.17. The van der Waals surface area contributed by atoms with Crippen LogP contribution in [0.1, 0.15) is 10.4 Å². The van der Waals surface area contributed by atoms with Crippen molar-refractivity contribution in [2.24, 2.45) is 0 Å². The number of hydrogen-bond donors (Lipinski definition) is 0. The van der Waals surface area contributed by atoms with E-state index in [1.165, 1.54) is 30.5 Å². The molecule has 6 heteroatoms. The van der Waals surface area contributed by atoms with Crippen molar-refractivity contribution in [3.05, 3.63) is 58.3 Å². The standard InChI is InChI=1S/C12H8N2O4/c15-8-9-5-6-12(13-7-9)18-11-4-2-1-3-10(11)14(16)17/h1-8H. The number of nitro groups is 1. The molecule has 0 bridgehead atoms. The lowest BCUT2D eigenvalue weighted by Crippen LogP contribution is -1.94. The van der Waals surface area contributed by atoms with Crippen LogP contribution < -0.4 is 4.74 Å². The number of pyridine rings is 1. The number of carbonyl (C=O) groups is 1. The number of para-hydroxylation sites is 2. The van der Waals surface area contributed by atoms with Crippen LogP contribution in [0.4, 0.5) is 5.69 Å². The fourth-order valence-electron chi connectivity index (χ4n) is 1.33. The van der Waals surface area contributed by atoms with Crippen molar-refractivity contribution in [2.45, 2.75) is 0 Å². The van der Waals surface area contributed by atoms with Crippen molar-refractivity contribution < 1.29 is 14.5 Å². The topological polar surface area (TPSA) is 82.3 Å². The average molecular weight is 244 g/mol. The summed E-state index contributed by atoms with van der Waals surface area (Å²) in [6.07, 6.45) is 1.98. The fourth-order valence-corrected chi connectivity index (χ4v) is 1.33. The van der Waals surface area contributed by atoms with Crippen molar-refractivity contribution >= 4 is 12.0 Å². The molecule has 0 radical (unpaired) electrons. The van der Waals surface area contributed by atoms with Crippen LogP contribution in [-0.2, 0) is 0 Å². The van der Waals surface area contributed by atoms with Gasteiger partial charge < -0.3 is 4.74 Å². The number of hydrogen-bond acceptors (Lipinski definition) is 5. The Kier molecular flexibility index (Phi) is 3.29. The second-order valence-corrected chi connectivity index (χ2v) is 3.37. The lowest BCUT2D eigenvalue weighted by molar-refractivity contribution is -0.385. The van der Waals surface area contributed by atoms with Gasteiger partial charge in [0, 0.05) is 23.9 Å². The summed E-state index contributed by atoms with van der Waals surface area (Å²) in [7, 11) is 0. The smallest absolute Gasteiger partial charge is 0.311 e. The van der Waals surface area contributed by atoms with Gasteiger partial charge in [-0.2, -0.15) is 0 Å². The summed E-state index contributed by atoms with van der Waals surface area (Å²) in [5.74, 6) is 0.295. The Morgan fingerprint density at radius 3 is 2.61 bits per heavy atom. The highest BCUT2D eigenvalue weighted by Gasteiger charge is 2.14. The molecule has 6 nitrogen and oxygen atoms in total. The lowest BCUT2D eigenvalue weighted by atomic mass is 10.3. The Balaban J connectivity index is 2.28. The van der Waals surface area contributed by atoms with Gasteiger partial charge in [0.1, 0.15) is 0 Å². The first-order chi connectivity index (χ1) is 8.70. The van der Waals surface area contributed by atoms with E-state index in [2.05, 4.69) is 4.98 Å². The van der Waals surface area contributed by atoms with Gasteiger partial charge in [0.25, 0.3) is 0 Å². The van der Waals surface area contributed by atoms with Crippen molar-refractivity contribution in [3.8, 4) is 11.6 Å². The van der Waals surface area contributed by atoms with Gasteiger partial charge in [-0.3, -0.25) is 14.9 Å². The molecule has 1 aromatic carbocycles. The zero-order valence-electron chi connectivity index (χ0n) is 9.15. The van der Waals surface area contributed by atoms with Gasteiger partial charge in [-0.05, 0) is 12.1 Å². The van der Waals surface area contributed by atoms with Gasteiger partial charge in [-0.1, -0.05) is 12.1 Å². The number of benzene rings is 1. The number of nitro benzene ring substituents is 1. The minimum Gasteiger partial charge on any atom is -0.432 e. The zero-order chi connectivity index (χ0) is 13.0. The Morgan fingerprint density at radius 1 is 1.22 bits per heavy atom. The molecule has 0 fully saturated rings. The number of nitrogens with zero attached hydrogens (tertiary/aromatic N) is 2. The normalized spacial score (nSPS) is 9.78. The Labute approximate surface area is 102 Å². The molecule has 2 aromatic rings. The van der Waals surface area contributed by atoms with E-state index in [0.717, 1.165) is 0 Å². The van der Waals surface area contributed by atoms with Crippen LogP contribution >= 0.6 is 0 Å². The number of ether oxygens (including phenoxy) is 1. The van der Waals surface area contributed by atoms with E-state index in [1.807, 2.05) is 0 Å². The third kappa shape index (κ3) is 2.49. The predicted octanol–water partition coefficient (Wildman–Crippen LogP) is 2.59. The highest BCUT2D eigenvalue weighted by molar-refractivity contribution is 5.74. The number of carbonyl (C=O) groups excluding carboxylic acids is 1. The molecule has 18 heavy (non-hydrogen) atoms. The molecule has 1 aromatic heterocycles. The van der Waals surface area contributed by atoms with Crippen LogP contribution in [-0.4, -0.2) is 16.2 Å². The molecule has 0 aliphatic carbocycles. The summed E-state index contributed by atoms with van der Waals surface area (Å²) in [6.45, 7) is 0. The van der Waals surface area contributed by atoms with Crippen molar-refractivity contribution in [1.29, 1.82) is 0 Å². The summed E-state index contributed by atoms with van der Waals surface area (Å²) in [5.41, 5.74) is 0.267. The van der Waals surface area contributed by atoms with Gasteiger partial charge in [0.05, 0.1) is 4.92 Å². The molecule has 0 N–H and O–H groups in total. The summed E-state index contributed by atoms with van der Waals surface area (Å²) in [5, 5.41) is 10.8. The number of rotatable bonds is 4. The molecule has 0 spiro atoms. The average Bonchev–Trinajstić information content (AvgIpc) is 2.40. The summed E-state index contributed by atoms with van der Waals surface area (Å²) < 4.78 is 5.30. The monoisotopic (exact) mass is 244 g/mol. The maximum atomic E-state index is 10.8. The Morgan fingerprint density at radius 2 is 2.00 bits per heavy atom. The van der Waals surface area contributed by atoms with Crippen LogP contribution in [0, 0.1) is 10.1 Å². The number of aldehydes is 1. The third-order valence-electron chi connectivity index (χ3n) is 2.17. The van der Waals surface area contributed by atoms with Gasteiger partial charge in [0.2, 0.25) is 11.6 Å². The van der Waals surface area contributed by atoms with Crippen LogP contribution in [0.25, 0.3) is 0 Å². The minimum atomic E-state index is -0.533. The predicted molar refractivity (Wildman–Crippen MR) is 62.8 cm³/mol. The van der Waals surface area contributed by atoms with Gasteiger partial charge >= 0.3 is 5.69 Å². The largest absolute Gasteiger partial charge is 0.432 e. The van der Waals surface area contributed by atoms with E-state index < -0.39 is 4.92 Å². The molecule has 0 unspecified atom stereocenters. The van der Waals surface area contributed by atoms with Crippen molar-refractivity contribution in [3.63, 3.8) is 0 Å². The van der Waals surface area contributed by atoms with Crippen molar-refractivity contribution in [2.75, 3.05) is 0 Å². The molecule has 0 aliphatic heterocycles. The lowest BCUT2D eigenvalue weighted by Gasteiger charge is -2.04. The first-order valence-corrected chi connectivity index (χ1v) is 5.03. The highest BCUT2D eigenvalue weighted by Crippen LogP contribution is 2.29. The van der Waals surface area contributed by atoms with Gasteiger partial charge in [-0.25, -0.2) is 4.98 Å². The second kappa shape index (κ2) is 5.05. The molecule has 0 atom stereocenters. The fraction of sp³-hybridized carbons (Fsp3) is 0. The Bertz CT molecular complexity index is 581. The van der Waals surface area contributed by atoms with Crippen LogP contribution in [0.2, 0.25) is 0 Å². The van der Waals surface area contributed by atoms with E-state index in [0.29, 0.717) is 11.8 Å². The second-order valence-electron chi connectivity index (χ2n) is 3.37. The van der Waals surface area contributed by atoms with Gasteiger partial charge in [-0.15, -0.1) is 0 Å². The minimum absolute atomic E-state index is 0.105. The molecule has 90 valence electrons. The van der Waals surface area contributed by atoms with Gasteiger partial charge in [0.15, 0.2) is 6.29 Å². The summed E-state index contributed by atoms with van der Waals surface area (Å²) in [6, 6.07) is 8.99. The highest BCUT2D eigenvalue weighted by atomic mass is 16.6. The molecule has 0 aliphatic rings.